The monoisotopic (exact) mass is 210 g/mol. The van der Waals surface area contributed by atoms with Crippen LogP contribution >= 0.6 is 0 Å². The van der Waals surface area contributed by atoms with E-state index in [0.717, 1.165) is 19.3 Å². The highest BCUT2D eigenvalue weighted by Crippen LogP contribution is 2.20. The maximum Gasteiger partial charge on any atom is 0.311 e. The quantitative estimate of drug-likeness (QED) is 0.489. The van der Waals surface area contributed by atoms with E-state index in [1.54, 1.807) is 0 Å². The number of hydrogen-bond donors (Lipinski definition) is 0. The smallest absolute Gasteiger partial charge is 0.311 e. The molecule has 0 N–H and O–H groups in total. The molecule has 0 aromatic carbocycles. The normalized spacial score (nSPS) is 25.1. The van der Waals surface area contributed by atoms with E-state index in [1.807, 2.05) is 26.8 Å². The molecule has 0 fully saturated rings. The second-order valence-electron chi connectivity index (χ2n) is 5.26. The molecule has 1 aliphatic carbocycles. The minimum absolute atomic E-state index is 0.00275. The molecule has 0 amide bonds. The van der Waals surface area contributed by atoms with Crippen LogP contribution in [0.2, 0.25) is 0 Å². The summed E-state index contributed by atoms with van der Waals surface area (Å²) in [4.78, 5) is 11.7. The molecule has 0 heterocycles. The predicted octanol–water partition coefficient (Wildman–Crippen LogP) is 3.46. The van der Waals surface area contributed by atoms with Gasteiger partial charge in [0.1, 0.15) is 6.10 Å². The molecule has 2 nitrogen and oxygen atoms in total. The van der Waals surface area contributed by atoms with E-state index in [0.29, 0.717) is 0 Å². The van der Waals surface area contributed by atoms with Crippen LogP contribution < -0.4 is 0 Å². The van der Waals surface area contributed by atoms with Crippen LogP contribution in [-0.4, -0.2) is 12.1 Å². The average molecular weight is 210 g/mol. The van der Waals surface area contributed by atoms with Crippen molar-refractivity contribution >= 4 is 5.97 Å². The van der Waals surface area contributed by atoms with E-state index in [9.17, 15) is 4.79 Å². The number of allylic oxidation sites excluding steroid dienone is 1. The van der Waals surface area contributed by atoms with Gasteiger partial charge in [-0.05, 0) is 52.5 Å². The third-order valence-corrected chi connectivity index (χ3v) is 2.58. The Morgan fingerprint density at radius 3 is 2.67 bits per heavy atom. The minimum atomic E-state index is -0.393. The van der Waals surface area contributed by atoms with Crippen LogP contribution in [-0.2, 0) is 9.53 Å². The number of carbonyl (C=O) groups is 1. The number of ether oxygens (including phenoxy) is 1. The molecule has 15 heavy (non-hydrogen) atoms. The lowest BCUT2D eigenvalue weighted by Crippen LogP contribution is -2.27. The number of hydrogen-bond acceptors (Lipinski definition) is 2. The summed E-state index contributed by atoms with van der Waals surface area (Å²) in [5.74, 6) is -0.0993. The summed E-state index contributed by atoms with van der Waals surface area (Å²) in [6.07, 6.45) is 9.93. The van der Waals surface area contributed by atoms with Gasteiger partial charge < -0.3 is 4.74 Å². The summed E-state index contributed by atoms with van der Waals surface area (Å²) in [6.45, 7) is 5.67. The lowest BCUT2D eigenvalue weighted by molar-refractivity contribution is -0.156. The topological polar surface area (TPSA) is 26.3 Å². The van der Waals surface area contributed by atoms with Gasteiger partial charge in [-0.15, -0.1) is 0 Å². The molecule has 86 valence electrons. The second-order valence-corrected chi connectivity index (χ2v) is 5.26. The van der Waals surface area contributed by atoms with E-state index < -0.39 is 5.41 Å². The molecular formula is C13H22O2. The van der Waals surface area contributed by atoms with Crippen LogP contribution in [0.1, 0.15) is 52.9 Å². The van der Waals surface area contributed by atoms with E-state index in [-0.39, 0.29) is 12.1 Å². The van der Waals surface area contributed by atoms with Crippen LogP contribution in [0.25, 0.3) is 0 Å². The van der Waals surface area contributed by atoms with Crippen molar-refractivity contribution in [1.29, 1.82) is 0 Å². The van der Waals surface area contributed by atoms with Gasteiger partial charge in [-0.25, -0.2) is 0 Å². The second kappa shape index (κ2) is 5.34. The number of esters is 1. The van der Waals surface area contributed by atoms with Crippen molar-refractivity contribution in [3.8, 4) is 0 Å². The molecule has 0 bridgehead atoms. The molecule has 0 aliphatic heterocycles. The van der Waals surface area contributed by atoms with Gasteiger partial charge in [0.15, 0.2) is 0 Å². The first-order valence-corrected chi connectivity index (χ1v) is 5.88. The lowest BCUT2D eigenvalue weighted by atomic mass is 9.97. The van der Waals surface area contributed by atoms with Gasteiger partial charge in [0.2, 0.25) is 0 Å². The van der Waals surface area contributed by atoms with Crippen molar-refractivity contribution in [2.45, 2.75) is 59.0 Å². The fourth-order valence-corrected chi connectivity index (χ4v) is 1.54. The van der Waals surface area contributed by atoms with Gasteiger partial charge in [-0.2, -0.15) is 0 Å². The minimum Gasteiger partial charge on any atom is -0.458 e. The molecule has 2 heteroatoms. The lowest BCUT2D eigenvalue weighted by Gasteiger charge is -2.22. The third-order valence-electron chi connectivity index (χ3n) is 2.58. The highest BCUT2D eigenvalue weighted by Gasteiger charge is 2.25. The number of carbonyl (C=O) groups excluding carboxylic acids is 1. The van der Waals surface area contributed by atoms with Gasteiger partial charge in [0.25, 0.3) is 0 Å². The third kappa shape index (κ3) is 4.50. The molecule has 0 saturated heterocycles. The Kier molecular flexibility index (Phi) is 4.37. The van der Waals surface area contributed by atoms with Crippen molar-refractivity contribution in [2.75, 3.05) is 0 Å². The predicted molar refractivity (Wildman–Crippen MR) is 61.6 cm³/mol. The first-order chi connectivity index (χ1) is 7.00. The highest BCUT2D eigenvalue weighted by molar-refractivity contribution is 5.75. The van der Waals surface area contributed by atoms with Crippen molar-refractivity contribution in [3.05, 3.63) is 12.2 Å². The fraction of sp³-hybridized carbons (Fsp3) is 0.769. The summed E-state index contributed by atoms with van der Waals surface area (Å²) in [6, 6.07) is 0. The van der Waals surface area contributed by atoms with E-state index >= 15 is 0 Å². The summed E-state index contributed by atoms with van der Waals surface area (Å²) in [7, 11) is 0. The molecule has 0 radical (unpaired) electrons. The molecule has 1 unspecified atom stereocenters. The molecule has 1 aliphatic rings. The van der Waals surface area contributed by atoms with Crippen molar-refractivity contribution in [3.63, 3.8) is 0 Å². The molecule has 0 aromatic heterocycles. The molecule has 1 atom stereocenters. The van der Waals surface area contributed by atoms with Crippen LogP contribution in [0.15, 0.2) is 12.2 Å². The standard InChI is InChI=1S/C13H22O2/c1-13(2,3)12(14)15-11-9-7-5-4-6-8-10-11/h7,9,11H,4-6,8,10H2,1-3H3/b9-7+. The Bertz CT molecular complexity index is 235. The number of rotatable bonds is 1. The Morgan fingerprint density at radius 2 is 2.00 bits per heavy atom. The highest BCUT2D eigenvalue weighted by atomic mass is 16.5. The molecule has 0 saturated carbocycles. The molecular weight excluding hydrogens is 188 g/mol. The van der Waals surface area contributed by atoms with E-state index in [2.05, 4.69) is 6.08 Å². The Hall–Kier alpha value is -0.790. The largest absolute Gasteiger partial charge is 0.458 e. The van der Waals surface area contributed by atoms with Crippen LogP contribution in [0, 0.1) is 5.41 Å². The first kappa shape index (κ1) is 12.3. The Morgan fingerprint density at radius 1 is 1.27 bits per heavy atom. The summed E-state index contributed by atoms with van der Waals surface area (Å²) >= 11 is 0. The van der Waals surface area contributed by atoms with E-state index in [4.69, 9.17) is 4.74 Å². The Balaban J connectivity index is 2.48. The zero-order chi connectivity index (χ0) is 11.3. The Labute approximate surface area is 92.7 Å². The van der Waals surface area contributed by atoms with Crippen molar-refractivity contribution < 1.29 is 9.53 Å². The first-order valence-electron chi connectivity index (χ1n) is 5.88. The molecule has 0 spiro atoms. The zero-order valence-electron chi connectivity index (χ0n) is 10.1. The van der Waals surface area contributed by atoms with Crippen molar-refractivity contribution in [2.24, 2.45) is 5.41 Å². The van der Waals surface area contributed by atoms with E-state index in [1.165, 1.54) is 12.8 Å². The molecule has 1 rings (SSSR count). The van der Waals surface area contributed by atoms with Crippen LogP contribution in [0.3, 0.4) is 0 Å². The van der Waals surface area contributed by atoms with Gasteiger partial charge in [-0.3, -0.25) is 4.79 Å². The summed E-state index contributed by atoms with van der Waals surface area (Å²) < 4.78 is 5.47. The SMILES string of the molecule is CC(C)(C)C(=O)OC1/C=C/CCCCC1. The zero-order valence-corrected chi connectivity index (χ0v) is 10.1. The van der Waals surface area contributed by atoms with Gasteiger partial charge >= 0.3 is 5.97 Å². The molecule has 0 aromatic rings. The van der Waals surface area contributed by atoms with Gasteiger partial charge in [0, 0.05) is 0 Å². The maximum absolute atomic E-state index is 11.7. The maximum atomic E-state index is 11.7. The fourth-order valence-electron chi connectivity index (χ4n) is 1.54. The van der Waals surface area contributed by atoms with Crippen LogP contribution in [0.4, 0.5) is 0 Å². The van der Waals surface area contributed by atoms with Crippen molar-refractivity contribution in [1.82, 2.24) is 0 Å². The average Bonchev–Trinajstić information content (AvgIpc) is 2.07. The van der Waals surface area contributed by atoms with Crippen LogP contribution in [0.5, 0.6) is 0 Å². The van der Waals surface area contributed by atoms with Gasteiger partial charge in [0.05, 0.1) is 5.41 Å². The van der Waals surface area contributed by atoms with Gasteiger partial charge in [-0.1, -0.05) is 12.5 Å². The summed E-state index contributed by atoms with van der Waals surface area (Å²) in [5.41, 5.74) is -0.393. The summed E-state index contributed by atoms with van der Waals surface area (Å²) in [5, 5.41) is 0.